The summed E-state index contributed by atoms with van der Waals surface area (Å²) in [5.41, 5.74) is 7.50. The predicted octanol–water partition coefficient (Wildman–Crippen LogP) is 3.95. The summed E-state index contributed by atoms with van der Waals surface area (Å²) in [6.45, 7) is 2.20. The third-order valence-electron chi connectivity index (χ3n) is 2.86. The maximum atomic E-state index is 13.9. The Labute approximate surface area is 123 Å². The standard InChI is InChI=1S/C16H17ClFNO/c1-11(19)8-13-4-7-16(15(18)9-13)20-10-12-2-5-14(17)6-3-12/h2-7,9,11H,8,10,19H2,1H3. The number of nitrogens with two attached hydrogens (primary N) is 1. The van der Waals surface area contributed by atoms with Crippen LogP contribution in [0.25, 0.3) is 0 Å². The normalized spacial score (nSPS) is 12.2. The van der Waals surface area contributed by atoms with Gasteiger partial charge < -0.3 is 10.5 Å². The van der Waals surface area contributed by atoms with Crippen molar-refractivity contribution in [1.29, 1.82) is 0 Å². The number of halogens is 2. The van der Waals surface area contributed by atoms with Gasteiger partial charge in [0.15, 0.2) is 11.6 Å². The van der Waals surface area contributed by atoms with Crippen LogP contribution in [0.2, 0.25) is 5.02 Å². The van der Waals surface area contributed by atoms with Gasteiger partial charge in [-0.05, 0) is 48.7 Å². The average molecular weight is 294 g/mol. The van der Waals surface area contributed by atoms with Crippen LogP contribution in [0.4, 0.5) is 4.39 Å². The van der Waals surface area contributed by atoms with E-state index in [1.54, 1.807) is 18.2 Å². The summed E-state index contributed by atoms with van der Waals surface area (Å²) in [6.07, 6.45) is 0.647. The summed E-state index contributed by atoms with van der Waals surface area (Å²) in [5.74, 6) is -0.120. The van der Waals surface area contributed by atoms with Gasteiger partial charge in [0, 0.05) is 11.1 Å². The van der Waals surface area contributed by atoms with Gasteiger partial charge in [-0.2, -0.15) is 0 Å². The van der Waals surface area contributed by atoms with Crippen LogP contribution in [0, 0.1) is 5.82 Å². The number of benzene rings is 2. The minimum atomic E-state index is -0.364. The first-order valence-electron chi connectivity index (χ1n) is 6.46. The Morgan fingerprint density at radius 2 is 1.80 bits per heavy atom. The summed E-state index contributed by atoms with van der Waals surface area (Å²) in [6, 6.07) is 12.2. The van der Waals surface area contributed by atoms with E-state index >= 15 is 0 Å². The van der Waals surface area contributed by atoms with Crippen LogP contribution in [-0.2, 0) is 13.0 Å². The first kappa shape index (κ1) is 14.8. The molecule has 2 aromatic carbocycles. The molecule has 0 aliphatic carbocycles. The minimum absolute atomic E-state index is 0.00948. The molecular formula is C16H17ClFNO. The van der Waals surface area contributed by atoms with Crippen LogP contribution in [0.5, 0.6) is 5.75 Å². The number of ether oxygens (including phenoxy) is 1. The number of rotatable bonds is 5. The quantitative estimate of drug-likeness (QED) is 0.906. The molecule has 0 amide bonds. The van der Waals surface area contributed by atoms with Crippen molar-refractivity contribution in [2.75, 3.05) is 0 Å². The highest BCUT2D eigenvalue weighted by atomic mass is 35.5. The van der Waals surface area contributed by atoms with E-state index in [0.717, 1.165) is 11.1 Å². The molecule has 1 atom stereocenters. The zero-order valence-electron chi connectivity index (χ0n) is 11.3. The molecule has 0 radical (unpaired) electrons. The molecule has 2 aromatic rings. The molecule has 0 aliphatic heterocycles. The van der Waals surface area contributed by atoms with Crippen LogP contribution < -0.4 is 10.5 Å². The van der Waals surface area contributed by atoms with Gasteiger partial charge in [-0.25, -0.2) is 4.39 Å². The monoisotopic (exact) mass is 293 g/mol. The van der Waals surface area contributed by atoms with Gasteiger partial charge >= 0.3 is 0 Å². The molecule has 0 bridgehead atoms. The Morgan fingerprint density at radius 1 is 1.15 bits per heavy atom. The second-order valence-electron chi connectivity index (χ2n) is 4.86. The van der Waals surface area contributed by atoms with Crippen LogP contribution in [0.3, 0.4) is 0 Å². The van der Waals surface area contributed by atoms with Gasteiger partial charge in [0.05, 0.1) is 0 Å². The fourth-order valence-electron chi connectivity index (χ4n) is 1.90. The summed E-state index contributed by atoms with van der Waals surface area (Å²) in [7, 11) is 0. The molecular weight excluding hydrogens is 277 g/mol. The molecule has 0 aromatic heterocycles. The van der Waals surface area contributed by atoms with E-state index in [1.165, 1.54) is 6.07 Å². The molecule has 106 valence electrons. The zero-order chi connectivity index (χ0) is 14.5. The lowest BCUT2D eigenvalue weighted by atomic mass is 10.1. The Bertz CT molecular complexity index is 569. The molecule has 4 heteroatoms. The Kier molecular flexibility index (Phi) is 4.99. The highest BCUT2D eigenvalue weighted by Gasteiger charge is 2.06. The van der Waals surface area contributed by atoms with E-state index in [-0.39, 0.29) is 17.6 Å². The van der Waals surface area contributed by atoms with Gasteiger partial charge in [0.1, 0.15) is 6.61 Å². The average Bonchev–Trinajstić information content (AvgIpc) is 2.39. The smallest absolute Gasteiger partial charge is 0.165 e. The van der Waals surface area contributed by atoms with Crippen molar-refractivity contribution in [3.63, 3.8) is 0 Å². The van der Waals surface area contributed by atoms with Gasteiger partial charge in [-0.3, -0.25) is 0 Å². The Hall–Kier alpha value is -1.58. The van der Waals surface area contributed by atoms with Gasteiger partial charge in [0.2, 0.25) is 0 Å². The third kappa shape index (κ3) is 4.22. The topological polar surface area (TPSA) is 35.2 Å². The van der Waals surface area contributed by atoms with Crippen molar-refractivity contribution in [3.05, 3.63) is 64.4 Å². The van der Waals surface area contributed by atoms with Crippen molar-refractivity contribution in [2.24, 2.45) is 5.73 Å². The Morgan fingerprint density at radius 3 is 2.40 bits per heavy atom. The second-order valence-corrected chi connectivity index (χ2v) is 5.30. The highest BCUT2D eigenvalue weighted by molar-refractivity contribution is 6.30. The second kappa shape index (κ2) is 6.73. The van der Waals surface area contributed by atoms with Gasteiger partial charge in [-0.1, -0.05) is 29.8 Å². The SMILES string of the molecule is CC(N)Cc1ccc(OCc2ccc(Cl)cc2)c(F)c1. The molecule has 1 unspecified atom stereocenters. The molecule has 2 nitrogen and oxygen atoms in total. The third-order valence-corrected chi connectivity index (χ3v) is 3.11. The lowest BCUT2D eigenvalue weighted by Crippen LogP contribution is -2.17. The molecule has 20 heavy (non-hydrogen) atoms. The van der Waals surface area contributed by atoms with Crippen molar-refractivity contribution in [2.45, 2.75) is 26.0 Å². The summed E-state index contributed by atoms with van der Waals surface area (Å²) < 4.78 is 19.4. The molecule has 0 saturated carbocycles. The maximum Gasteiger partial charge on any atom is 0.165 e. The van der Waals surface area contributed by atoms with E-state index in [2.05, 4.69) is 0 Å². The molecule has 0 fully saturated rings. The molecule has 0 aliphatic rings. The van der Waals surface area contributed by atoms with Gasteiger partial charge in [-0.15, -0.1) is 0 Å². The molecule has 0 saturated heterocycles. The molecule has 2 rings (SSSR count). The lowest BCUT2D eigenvalue weighted by molar-refractivity contribution is 0.290. The summed E-state index contributed by atoms with van der Waals surface area (Å²) in [5, 5.41) is 0.667. The Balaban J connectivity index is 2.01. The lowest BCUT2D eigenvalue weighted by Gasteiger charge is -2.10. The highest BCUT2D eigenvalue weighted by Crippen LogP contribution is 2.20. The van der Waals surface area contributed by atoms with E-state index in [4.69, 9.17) is 22.1 Å². The van der Waals surface area contributed by atoms with Crippen molar-refractivity contribution < 1.29 is 9.13 Å². The largest absolute Gasteiger partial charge is 0.486 e. The van der Waals surface area contributed by atoms with E-state index in [1.807, 2.05) is 25.1 Å². The van der Waals surface area contributed by atoms with Crippen LogP contribution in [0.1, 0.15) is 18.1 Å². The zero-order valence-corrected chi connectivity index (χ0v) is 12.0. The van der Waals surface area contributed by atoms with Crippen molar-refractivity contribution in [3.8, 4) is 5.75 Å². The number of hydrogen-bond acceptors (Lipinski definition) is 2. The fraction of sp³-hybridized carbons (Fsp3) is 0.250. The summed E-state index contributed by atoms with van der Waals surface area (Å²) >= 11 is 5.80. The molecule has 0 heterocycles. The van der Waals surface area contributed by atoms with Gasteiger partial charge in [0.25, 0.3) is 0 Å². The molecule has 2 N–H and O–H groups in total. The fourth-order valence-corrected chi connectivity index (χ4v) is 2.03. The maximum absolute atomic E-state index is 13.9. The van der Waals surface area contributed by atoms with Crippen LogP contribution in [0.15, 0.2) is 42.5 Å². The summed E-state index contributed by atoms with van der Waals surface area (Å²) in [4.78, 5) is 0. The minimum Gasteiger partial charge on any atom is -0.486 e. The van der Waals surface area contributed by atoms with Crippen molar-refractivity contribution >= 4 is 11.6 Å². The molecule has 0 spiro atoms. The number of hydrogen-bond donors (Lipinski definition) is 1. The van der Waals surface area contributed by atoms with Crippen molar-refractivity contribution in [1.82, 2.24) is 0 Å². The van der Waals surface area contributed by atoms with E-state index in [9.17, 15) is 4.39 Å². The van der Waals surface area contributed by atoms with E-state index in [0.29, 0.717) is 18.1 Å². The first-order valence-corrected chi connectivity index (χ1v) is 6.83. The predicted molar refractivity (Wildman–Crippen MR) is 79.5 cm³/mol. The van der Waals surface area contributed by atoms with E-state index < -0.39 is 0 Å². The first-order chi connectivity index (χ1) is 9.54. The van der Waals surface area contributed by atoms with Crippen LogP contribution >= 0.6 is 11.6 Å². The van der Waals surface area contributed by atoms with Crippen LogP contribution in [-0.4, -0.2) is 6.04 Å².